The van der Waals surface area contributed by atoms with Crippen LogP contribution in [0.1, 0.15) is 85.6 Å². The SMILES string of the molecule is C=C([C@H](NC(=O)CCC(C)(C)OCCC(C)(C)C(=O)Oc1c(F)c(F)cc(F)c1F)C(=O)NCC1CN(S(=O)(=O)c2cccc(-c3ccc4c(c3)N=C(N)CC(C(=O)N(CCC)CCC)=C4)c2)C1)S(=O)(=O)O. The number of hydrogen-bond donors (Lipinski definition) is 4. The number of ether oxygens (including phenoxy) is 2. The van der Waals surface area contributed by atoms with Crippen molar-refractivity contribution in [2.45, 2.75) is 96.6 Å². The molecule has 2 aliphatic rings. The van der Waals surface area contributed by atoms with Gasteiger partial charge in [-0.25, -0.2) is 22.2 Å². The molecule has 2 heterocycles. The van der Waals surface area contributed by atoms with E-state index in [-0.39, 0.29) is 74.6 Å². The normalized spacial score (nSPS) is 15.0. The smallest absolute Gasteiger partial charge is 0.317 e. The number of halogens is 4. The highest BCUT2D eigenvalue weighted by Crippen LogP contribution is 2.35. The maximum Gasteiger partial charge on any atom is 0.317 e. The van der Waals surface area contributed by atoms with Crippen molar-refractivity contribution in [3.63, 3.8) is 0 Å². The Labute approximate surface area is 416 Å². The minimum absolute atomic E-state index is 0.00147. The minimum Gasteiger partial charge on any atom is -0.420 e. The number of aliphatic imine (C=N–C) groups is 1. The Balaban J connectivity index is 1.14. The summed E-state index contributed by atoms with van der Waals surface area (Å²) in [7, 11) is -9.09. The Morgan fingerprint density at radius 3 is 2.17 bits per heavy atom. The summed E-state index contributed by atoms with van der Waals surface area (Å²) in [5, 5.41) is 4.74. The quantitative estimate of drug-likeness (QED) is 0.0260. The van der Waals surface area contributed by atoms with E-state index in [4.69, 9.17) is 10.5 Å². The second-order valence-corrected chi connectivity index (χ2v) is 22.3. The molecule has 1 saturated heterocycles. The van der Waals surface area contributed by atoms with Crippen LogP contribution >= 0.6 is 0 Å². The first kappa shape index (κ1) is 56.9. The van der Waals surface area contributed by atoms with Crippen LogP contribution < -0.4 is 21.1 Å². The van der Waals surface area contributed by atoms with Gasteiger partial charge in [0.2, 0.25) is 45.1 Å². The highest BCUT2D eigenvalue weighted by atomic mass is 32.2. The lowest BCUT2D eigenvalue weighted by Crippen LogP contribution is -2.56. The number of amides is 3. The zero-order valence-corrected chi connectivity index (χ0v) is 42.5. The van der Waals surface area contributed by atoms with Gasteiger partial charge in [0, 0.05) is 75.3 Å². The van der Waals surface area contributed by atoms with Gasteiger partial charge in [-0.3, -0.25) is 23.7 Å². The number of sulfonamides is 1. The fourth-order valence-electron chi connectivity index (χ4n) is 7.66. The Kier molecular flexibility index (Phi) is 18.4. The molecule has 0 unspecified atom stereocenters. The summed E-state index contributed by atoms with van der Waals surface area (Å²) in [6.07, 6.45) is 3.07. The van der Waals surface area contributed by atoms with E-state index in [9.17, 15) is 58.1 Å². The summed E-state index contributed by atoms with van der Waals surface area (Å²) in [5.41, 5.74) is 6.65. The highest BCUT2D eigenvalue weighted by Gasteiger charge is 2.39. The minimum atomic E-state index is -5.06. The summed E-state index contributed by atoms with van der Waals surface area (Å²) >= 11 is 0. The van der Waals surface area contributed by atoms with Crippen molar-refractivity contribution < 1.29 is 67.6 Å². The monoisotopic (exact) mass is 1050 g/mol. The van der Waals surface area contributed by atoms with Crippen molar-refractivity contribution in [2.75, 3.05) is 39.3 Å². The number of carbonyl (C=O) groups is 4. The number of amidine groups is 1. The van der Waals surface area contributed by atoms with Crippen molar-refractivity contribution in [3.8, 4) is 16.9 Å². The van der Waals surface area contributed by atoms with E-state index in [1.54, 1.807) is 55.2 Å². The van der Waals surface area contributed by atoms with Gasteiger partial charge in [0.15, 0.2) is 11.6 Å². The fraction of sp³-hybridized carbons (Fsp3) is 0.449. The van der Waals surface area contributed by atoms with Gasteiger partial charge in [-0.05, 0) is 88.8 Å². The van der Waals surface area contributed by atoms with E-state index in [2.05, 4.69) is 26.9 Å². The number of nitrogens with two attached hydrogens (primary N) is 1. The molecule has 392 valence electrons. The van der Waals surface area contributed by atoms with Gasteiger partial charge in [0.05, 0.1) is 26.5 Å². The van der Waals surface area contributed by atoms with Gasteiger partial charge in [-0.2, -0.15) is 21.5 Å². The number of rotatable bonds is 23. The topological polar surface area (TPSA) is 244 Å². The van der Waals surface area contributed by atoms with Crippen LogP contribution in [-0.2, 0) is 44.1 Å². The maximum atomic E-state index is 14.1. The Morgan fingerprint density at radius 1 is 0.931 bits per heavy atom. The summed E-state index contributed by atoms with van der Waals surface area (Å²) < 4.78 is 129. The Morgan fingerprint density at radius 2 is 1.56 bits per heavy atom. The van der Waals surface area contributed by atoms with Crippen LogP contribution in [0, 0.1) is 34.6 Å². The van der Waals surface area contributed by atoms with E-state index in [0.29, 0.717) is 41.0 Å². The molecule has 3 aromatic rings. The van der Waals surface area contributed by atoms with E-state index >= 15 is 0 Å². The highest BCUT2D eigenvalue weighted by molar-refractivity contribution is 7.90. The molecule has 3 aromatic carbocycles. The van der Waals surface area contributed by atoms with Crippen LogP contribution in [0.3, 0.4) is 0 Å². The number of esters is 1. The van der Waals surface area contributed by atoms with Crippen LogP contribution in [0.5, 0.6) is 5.75 Å². The standard InChI is InChI=1S/C49H60F4N6O11S2/c1-8-18-58(19-9-2)46(62)34-21-33-14-13-32(23-38(33)56-39(54)24-34)31-11-10-12-35(22-31)71(64,65)59-27-30(28-59)26-55-45(61)43(29(3)72(66,67)68)57-40(60)15-16-49(6,7)69-20-17-48(4,5)47(63)70-44-41(52)36(50)25-37(51)42(44)53/h10-14,21-23,25,30,43H,3,8-9,15-20,24,26-28H2,1-2,4-7H3,(H2,54,56)(H,55,61)(H,57,60)(H,66,67,68)/t43-/m0/s1. The predicted molar refractivity (Wildman–Crippen MR) is 260 cm³/mol. The first-order valence-electron chi connectivity index (χ1n) is 23.1. The van der Waals surface area contributed by atoms with Crippen LogP contribution in [-0.4, -0.2) is 111 Å². The van der Waals surface area contributed by atoms with Gasteiger partial charge >= 0.3 is 5.97 Å². The molecular formula is C49H60F4N6O11S2. The fourth-order valence-corrected chi connectivity index (χ4v) is 9.77. The molecule has 1 atom stereocenters. The van der Waals surface area contributed by atoms with Crippen molar-refractivity contribution in [2.24, 2.45) is 22.1 Å². The van der Waals surface area contributed by atoms with Crippen molar-refractivity contribution in [1.29, 1.82) is 0 Å². The summed E-state index contributed by atoms with van der Waals surface area (Å²) in [6, 6.07) is 9.70. The summed E-state index contributed by atoms with van der Waals surface area (Å²) in [6.45, 7) is 14.0. The number of carbonyl (C=O) groups excluding carboxylic acids is 4. The Hall–Kier alpha value is -6.01. The molecule has 17 nitrogen and oxygen atoms in total. The van der Waals surface area contributed by atoms with Crippen molar-refractivity contribution >= 4 is 61.4 Å². The lowest BCUT2D eigenvalue weighted by molar-refractivity contribution is -0.146. The molecule has 0 saturated carbocycles. The van der Waals surface area contributed by atoms with Gasteiger partial charge in [0.1, 0.15) is 11.9 Å². The van der Waals surface area contributed by atoms with E-state index in [1.165, 1.54) is 30.3 Å². The average Bonchev–Trinajstić information content (AvgIpc) is 3.46. The van der Waals surface area contributed by atoms with E-state index in [1.807, 2.05) is 13.8 Å². The van der Waals surface area contributed by atoms with E-state index in [0.717, 1.165) is 12.8 Å². The number of fused-ring (bicyclic) bond motifs is 1. The molecule has 3 amide bonds. The molecular weight excluding hydrogens is 989 g/mol. The zero-order chi connectivity index (χ0) is 53.5. The van der Waals surface area contributed by atoms with Gasteiger partial charge in [-0.1, -0.05) is 44.7 Å². The summed E-state index contributed by atoms with van der Waals surface area (Å²) in [4.78, 5) is 57.9. The largest absolute Gasteiger partial charge is 0.420 e. The van der Waals surface area contributed by atoms with E-state index < -0.39 is 94.8 Å². The zero-order valence-electron chi connectivity index (χ0n) is 40.8. The molecule has 1 fully saturated rings. The predicted octanol–water partition coefficient (Wildman–Crippen LogP) is 6.55. The lowest BCUT2D eigenvalue weighted by Gasteiger charge is -2.38. The third-order valence-corrected chi connectivity index (χ3v) is 14.8. The van der Waals surface area contributed by atoms with Gasteiger partial charge in [0.25, 0.3) is 10.1 Å². The van der Waals surface area contributed by atoms with Crippen LogP contribution in [0.4, 0.5) is 23.2 Å². The lowest BCUT2D eigenvalue weighted by atomic mass is 9.89. The second kappa shape index (κ2) is 23.2. The van der Waals surface area contributed by atoms with Crippen molar-refractivity contribution in [3.05, 3.63) is 94.4 Å². The van der Waals surface area contributed by atoms with Gasteiger partial charge < -0.3 is 30.7 Å². The number of benzene rings is 3. The molecule has 0 aromatic heterocycles. The molecule has 0 bridgehead atoms. The molecule has 0 radical (unpaired) electrons. The molecule has 0 aliphatic carbocycles. The molecule has 5 N–H and O–H groups in total. The van der Waals surface area contributed by atoms with Crippen LogP contribution in [0.2, 0.25) is 0 Å². The Bertz CT molecular complexity index is 2860. The molecule has 5 rings (SSSR count). The molecule has 72 heavy (non-hydrogen) atoms. The third kappa shape index (κ3) is 14.1. The number of nitrogens with zero attached hydrogens (tertiary/aromatic N) is 3. The number of nitrogens with one attached hydrogen (secondary N) is 2. The van der Waals surface area contributed by atoms with Crippen LogP contribution in [0.15, 0.2) is 75.5 Å². The third-order valence-electron chi connectivity index (χ3n) is 12.1. The average molecular weight is 1050 g/mol. The summed E-state index contributed by atoms with van der Waals surface area (Å²) in [5.74, 6) is -12.2. The van der Waals surface area contributed by atoms with Crippen molar-refractivity contribution in [1.82, 2.24) is 19.8 Å². The molecule has 23 heteroatoms. The first-order valence-corrected chi connectivity index (χ1v) is 26.0. The molecule has 0 spiro atoms. The van der Waals surface area contributed by atoms with Crippen LogP contribution in [0.25, 0.3) is 17.2 Å². The number of hydrogen-bond acceptors (Lipinski definition) is 12. The molecule has 2 aliphatic heterocycles. The first-order chi connectivity index (χ1) is 33.6. The maximum absolute atomic E-state index is 14.1. The van der Waals surface area contributed by atoms with Gasteiger partial charge in [-0.15, -0.1) is 0 Å². The second-order valence-electron chi connectivity index (χ2n) is 18.8.